The van der Waals surface area contributed by atoms with Crippen molar-refractivity contribution in [2.45, 2.75) is 19.9 Å². The van der Waals surface area contributed by atoms with Gasteiger partial charge in [-0.25, -0.2) is 0 Å². The third kappa shape index (κ3) is 4.22. The van der Waals surface area contributed by atoms with Gasteiger partial charge in [0.15, 0.2) is 0 Å². The van der Waals surface area contributed by atoms with E-state index >= 15 is 0 Å². The molecule has 0 aliphatic rings. The summed E-state index contributed by atoms with van der Waals surface area (Å²) in [6.07, 6.45) is 0. The summed E-state index contributed by atoms with van der Waals surface area (Å²) in [5.41, 5.74) is 5.78. The molecule has 1 aromatic heterocycles. The average molecular weight is 241 g/mol. The van der Waals surface area contributed by atoms with Gasteiger partial charge in [0.1, 0.15) is 0 Å². The fraction of sp³-hybridized carbons (Fsp3) is 0.667. The molecule has 4 heteroatoms. The fourth-order valence-corrected chi connectivity index (χ4v) is 2.54. The fourth-order valence-electron chi connectivity index (χ4n) is 1.73. The highest BCUT2D eigenvalue weighted by molar-refractivity contribution is 7.10. The summed E-state index contributed by atoms with van der Waals surface area (Å²) in [7, 11) is 0. The van der Waals surface area contributed by atoms with Crippen LogP contribution in [0.15, 0.2) is 17.5 Å². The number of hydrogen-bond acceptors (Lipinski definition) is 4. The first kappa shape index (κ1) is 13.6. The molecule has 1 rings (SSSR count). The van der Waals surface area contributed by atoms with E-state index in [1.807, 2.05) is 0 Å². The monoisotopic (exact) mass is 241 g/mol. The number of nitrogens with two attached hydrogens (primary N) is 1. The number of hydrogen-bond donors (Lipinski definition) is 2. The zero-order valence-corrected chi connectivity index (χ0v) is 11.1. The minimum Gasteiger partial charge on any atom is -0.329 e. The van der Waals surface area contributed by atoms with Gasteiger partial charge in [-0.15, -0.1) is 11.3 Å². The summed E-state index contributed by atoms with van der Waals surface area (Å²) in [4.78, 5) is 3.75. The van der Waals surface area contributed by atoms with Crippen molar-refractivity contribution in [3.8, 4) is 0 Å². The largest absolute Gasteiger partial charge is 0.329 e. The molecule has 0 fully saturated rings. The molecule has 0 amide bonds. The Bertz CT molecular complexity index is 257. The lowest BCUT2D eigenvalue weighted by atomic mass is 10.2. The molecule has 0 saturated carbocycles. The Kier molecular flexibility index (Phi) is 6.64. The van der Waals surface area contributed by atoms with E-state index in [-0.39, 0.29) is 0 Å². The second kappa shape index (κ2) is 7.79. The molecule has 0 radical (unpaired) electrons. The number of thiophene rings is 1. The second-order valence-corrected chi connectivity index (χ2v) is 4.76. The average Bonchev–Trinajstić information content (AvgIpc) is 2.83. The molecule has 0 aliphatic carbocycles. The minimum absolute atomic E-state index is 0.315. The molecule has 0 aliphatic heterocycles. The summed E-state index contributed by atoms with van der Waals surface area (Å²) in [6.45, 7) is 9.39. The molecular weight excluding hydrogens is 218 g/mol. The lowest BCUT2D eigenvalue weighted by Gasteiger charge is -2.21. The van der Waals surface area contributed by atoms with E-state index < -0.39 is 0 Å². The SMILES string of the molecule is CCN(CC)CCNC(CN)c1cccs1. The predicted molar refractivity (Wildman–Crippen MR) is 71.9 cm³/mol. The summed E-state index contributed by atoms with van der Waals surface area (Å²) < 4.78 is 0. The molecule has 0 bridgehead atoms. The topological polar surface area (TPSA) is 41.3 Å². The molecule has 16 heavy (non-hydrogen) atoms. The molecule has 3 nitrogen and oxygen atoms in total. The molecule has 0 spiro atoms. The highest BCUT2D eigenvalue weighted by Gasteiger charge is 2.09. The maximum atomic E-state index is 5.78. The van der Waals surface area contributed by atoms with Gasteiger partial charge in [-0.1, -0.05) is 19.9 Å². The standard InChI is InChI=1S/C12H23N3S/c1-3-15(4-2)8-7-14-11(10-13)12-6-5-9-16-12/h5-6,9,11,14H,3-4,7-8,10,13H2,1-2H3. The second-order valence-electron chi connectivity index (χ2n) is 3.78. The van der Waals surface area contributed by atoms with Gasteiger partial charge >= 0.3 is 0 Å². The molecular formula is C12H23N3S. The van der Waals surface area contributed by atoms with Crippen LogP contribution in [0.25, 0.3) is 0 Å². The Morgan fingerprint density at radius 2 is 2.19 bits per heavy atom. The van der Waals surface area contributed by atoms with Crippen LogP contribution in [0.3, 0.4) is 0 Å². The van der Waals surface area contributed by atoms with Gasteiger partial charge in [0, 0.05) is 24.5 Å². The third-order valence-corrected chi connectivity index (χ3v) is 3.82. The molecule has 1 aromatic rings. The maximum Gasteiger partial charge on any atom is 0.0539 e. The Morgan fingerprint density at radius 1 is 1.44 bits per heavy atom. The molecule has 1 atom stereocenters. The first-order chi connectivity index (χ1) is 7.81. The normalized spacial score (nSPS) is 13.2. The first-order valence-corrected chi connectivity index (χ1v) is 6.89. The van der Waals surface area contributed by atoms with E-state index in [9.17, 15) is 0 Å². The zero-order valence-electron chi connectivity index (χ0n) is 10.3. The smallest absolute Gasteiger partial charge is 0.0539 e. The van der Waals surface area contributed by atoms with Crippen molar-refractivity contribution in [3.05, 3.63) is 22.4 Å². The molecule has 3 N–H and O–H groups in total. The number of nitrogens with zero attached hydrogens (tertiary/aromatic N) is 1. The van der Waals surface area contributed by atoms with Crippen LogP contribution in [0.2, 0.25) is 0 Å². The van der Waals surface area contributed by atoms with Crippen molar-refractivity contribution in [1.29, 1.82) is 0 Å². The first-order valence-electron chi connectivity index (χ1n) is 6.01. The van der Waals surface area contributed by atoms with Crippen molar-refractivity contribution in [3.63, 3.8) is 0 Å². The molecule has 92 valence electrons. The Hall–Kier alpha value is -0.420. The van der Waals surface area contributed by atoms with E-state index in [0.29, 0.717) is 12.6 Å². The lowest BCUT2D eigenvalue weighted by molar-refractivity contribution is 0.297. The van der Waals surface area contributed by atoms with Crippen molar-refractivity contribution in [2.24, 2.45) is 5.73 Å². The van der Waals surface area contributed by atoms with E-state index in [0.717, 1.165) is 26.2 Å². The molecule has 0 aromatic carbocycles. The van der Waals surface area contributed by atoms with Crippen LogP contribution >= 0.6 is 11.3 Å². The summed E-state index contributed by atoms with van der Waals surface area (Å²) in [6, 6.07) is 4.54. The zero-order chi connectivity index (χ0) is 11.8. The third-order valence-electron chi connectivity index (χ3n) is 2.84. The summed E-state index contributed by atoms with van der Waals surface area (Å²) >= 11 is 1.77. The Morgan fingerprint density at radius 3 is 2.69 bits per heavy atom. The van der Waals surface area contributed by atoms with E-state index in [2.05, 4.69) is 41.6 Å². The van der Waals surface area contributed by atoms with Gasteiger partial charge in [0.2, 0.25) is 0 Å². The van der Waals surface area contributed by atoms with Crippen molar-refractivity contribution in [1.82, 2.24) is 10.2 Å². The van der Waals surface area contributed by atoms with Crippen molar-refractivity contribution < 1.29 is 0 Å². The summed E-state index contributed by atoms with van der Waals surface area (Å²) in [5.74, 6) is 0. The number of nitrogens with one attached hydrogen (secondary N) is 1. The highest BCUT2D eigenvalue weighted by atomic mass is 32.1. The van der Waals surface area contributed by atoms with Gasteiger partial charge in [0.05, 0.1) is 6.04 Å². The van der Waals surface area contributed by atoms with Crippen LogP contribution in [0.1, 0.15) is 24.8 Å². The minimum atomic E-state index is 0.315. The quantitative estimate of drug-likeness (QED) is 0.727. The van der Waals surface area contributed by atoms with Crippen LogP contribution in [-0.2, 0) is 0 Å². The van der Waals surface area contributed by atoms with E-state index in [1.165, 1.54) is 4.88 Å². The van der Waals surface area contributed by atoms with Crippen LogP contribution in [-0.4, -0.2) is 37.6 Å². The van der Waals surface area contributed by atoms with Gasteiger partial charge < -0.3 is 16.0 Å². The van der Waals surface area contributed by atoms with Crippen LogP contribution in [0.4, 0.5) is 0 Å². The Labute approximate surface area is 103 Å². The van der Waals surface area contributed by atoms with Crippen LogP contribution in [0, 0.1) is 0 Å². The lowest BCUT2D eigenvalue weighted by Crippen LogP contribution is -2.35. The maximum absolute atomic E-state index is 5.78. The molecule has 1 unspecified atom stereocenters. The van der Waals surface area contributed by atoms with Crippen molar-refractivity contribution >= 4 is 11.3 Å². The van der Waals surface area contributed by atoms with Crippen molar-refractivity contribution in [2.75, 3.05) is 32.7 Å². The van der Waals surface area contributed by atoms with Crippen LogP contribution < -0.4 is 11.1 Å². The van der Waals surface area contributed by atoms with E-state index in [4.69, 9.17) is 5.73 Å². The molecule has 0 saturated heterocycles. The highest BCUT2D eigenvalue weighted by Crippen LogP contribution is 2.17. The number of rotatable bonds is 8. The Balaban J connectivity index is 2.30. The van der Waals surface area contributed by atoms with Gasteiger partial charge in [0.25, 0.3) is 0 Å². The van der Waals surface area contributed by atoms with E-state index in [1.54, 1.807) is 11.3 Å². The summed E-state index contributed by atoms with van der Waals surface area (Å²) in [5, 5.41) is 5.62. The van der Waals surface area contributed by atoms with Gasteiger partial charge in [-0.05, 0) is 24.5 Å². The molecule has 1 heterocycles. The van der Waals surface area contributed by atoms with Crippen LogP contribution in [0.5, 0.6) is 0 Å². The number of likely N-dealkylation sites (N-methyl/N-ethyl adjacent to an activating group) is 1. The van der Waals surface area contributed by atoms with Gasteiger partial charge in [-0.3, -0.25) is 0 Å². The van der Waals surface area contributed by atoms with Gasteiger partial charge in [-0.2, -0.15) is 0 Å². The predicted octanol–water partition coefficient (Wildman–Crippen LogP) is 1.68.